The van der Waals surface area contributed by atoms with Crippen molar-refractivity contribution in [1.82, 2.24) is 0 Å². The van der Waals surface area contributed by atoms with E-state index in [9.17, 15) is 17.6 Å². The Kier molecular flexibility index (Phi) is 6.98. The normalized spacial score (nSPS) is 11.4. The van der Waals surface area contributed by atoms with Crippen molar-refractivity contribution < 1.29 is 17.6 Å². The Bertz CT molecular complexity index is 1620. The first-order chi connectivity index (χ1) is 20.0. The van der Waals surface area contributed by atoms with Crippen molar-refractivity contribution in [2.45, 2.75) is 5.41 Å². The van der Waals surface area contributed by atoms with Crippen LogP contribution in [-0.2, 0) is 5.41 Å². The molecule has 0 bridgehead atoms. The minimum Gasteiger partial charge on any atom is -0.206 e. The van der Waals surface area contributed by atoms with Crippen LogP contribution in [0.2, 0.25) is 0 Å². The highest BCUT2D eigenvalue weighted by molar-refractivity contribution is 5.70. The van der Waals surface area contributed by atoms with Gasteiger partial charge in [-0.2, -0.15) is 0 Å². The molecule has 0 aliphatic heterocycles. The van der Waals surface area contributed by atoms with E-state index in [-0.39, 0.29) is 11.1 Å². The molecule has 0 N–H and O–H groups in total. The predicted molar refractivity (Wildman–Crippen MR) is 155 cm³/mol. The van der Waals surface area contributed by atoms with Gasteiger partial charge in [-0.3, -0.25) is 0 Å². The van der Waals surface area contributed by atoms with Crippen LogP contribution >= 0.6 is 0 Å². The van der Waals surface area contributed by atoms with E-state index in [1.54, 1.807) is 24.3 Å². The van der Waals surface area contributed by atoms with Crippen LogP contribution in [0.1, 0.15) is 22.3 Å². The maximum absolute atomic E-state index is 14.6. The molecule has 0 radical (unpaired) electrons. The van der Waals surface area contributed by atoms with E-state index in [0.717, 1.165) is 22.3 Å². The number of halogens is 4. The molecule has 200 valence electrons. The Morgan fingerprint density at radius 3 is 0.902 bits per heavy atom. The van der Waals surface area contributed by atoms with Gasteiger partial charge < -0.3 is 0 Å². The molecule has 0 aliphatic rings. The summed E-state index contributed by atoms with van der Waals surface area (Å²) < 4.78 is 58.4. The Hall–Kier alpha value is -4.96. The third-order valence-corrected chi connectivity index (χ3v) is 7.55. The first-order valence-electron chi connectivity index (χ1n) is 13.2. The lowest BCUT2D eigenvalue weighted by molar-refractivity contribution is 0.589. The van der Waals surface area contributed by atoms with Crippen LogP contribution in [0.25, 0.3) is 22.3 Å². The number of hydrogen-bond acceptors (Lipinski definition) is 0. The van der Waals surface area contributed by atoms with Gasteiger partial charge in [0.25, 0.3) is 0 Å². The molecule has 0 amide bonds. The van der Waals surface area contributed by atoms with Gasteiger partial charge in [0, 0.05) is 0 Å². The average Bonchev–Trinajstić information content (AvgIpc) is 3.00. The van der Waals surface area contributed by atoms with Crippen LogP contribution < -0.4 is 0 Å². The van der Waals surface area contributed by atoms with Crippen LogP contribution in [0.4, 0.5) is 17.6 Å². The van der Waals surface area contributed by atoms with E-state index in [1.165, 1.54) is 36.4 Å². The van der Waals surface area contributed by atoms with E-state index < -0.39 is 28.7 Å². The van der Waals surface area contributed by atoms with Gasteiger partial charge in [-0.15, -0.1) is 0 Å². The quantitative estimate of drug-likeness (QED) is 0.145. The molecule has 0 saturated heterocycles. The van der Waals surface area contributed by atoms with Crippen molar-refractivity contribution in [2.75, 3.05) is 0 Å². The van der Waals surface area contributed by atoms with Gasteiger partial charge in [-0.1, -0.05) is 121 Å². The molecule has 0 fully saturated rings. The summed E-state index contributed by atoms with van der Waals surface area (Å²) in [4.78, 5) is 0. The predicted octanol–water partition coefficient (Wildman–Crippen LogP) is 9.96. The highest BCUT2D eigenvalue weighted by atomic mass is 19.1. The first-order valence-corrected chi connectivity index (χ1v) is 13.2. The van der Waals surface area contributed by atoms with E-state index in [0.29, 0.717) is 11.1 Å². The summed E-state index contributed by atoms with van der Waals surface area (Å²) in [6, 6.07) is 41.9. The second kappa shape index (κ2) is 10.9. The van der Waals surface area contributed by atoms with Gasteiger partial charge in [0.05, 0.1) is 16.5 Å². The number of rotatable bonds is 6. The minimum absolute atomic E-state index is 0.0830. The zero-order valence-corrected chi connectivity index (χ0v) is 21.9. The first kappa shape index (κ1) is 26.3. The van der Waals surface area contributed by atoms with Crippen molar-refractivity contribution in [3.8, 4) is 22.3 Å². The molecule has 0 aliphatic carbocycles. The number of benzene rings is 6. The van der Waals surface area contributed by atoms with Crippen LogP contribution in [0.15, 0.2) is 146 Å². The van der Waals surface area contributed by atoms with Crippen molar-refractivity contribution in [1.29, 1.82) is 0 Å². The van der Waals surface area contributed by atoms with Crippen molar-refractivity contribution in [3.63, 3.8) is 0 Å². The summed E-state index contributed by atoms with van der Waals surface area (Å²) in [5.74, 6) is -2.53. The maximum Gasteiger partial charge on any atom is 0.133 e. The van der Waals surface area contributed by atoms with Gasteiger partial charge in [-0.25, -0.2) is 17.6 Å². The lowest BCUT2D eigenvalue weighted by Crippen LogP contribution is -2.31. The molecular formula is C37H24F4. The van der Waals surface area contributed by atoms with Crippen molar-refractivity contribution in [2.24, 2.45) is 0 Å². The lowest BCUT2D eigenvalue weighted by atomic mass is 9.65. The molecule has 6 aromatic carbocycles. The summed E-state index contributed by atoms with van der Waals surface area (Å²) in [6.45, 7) is 0. The SMILES string of the molecule is Fc1cccc(F)c1-c1ccc(C(c2ccccc2)(c2ccccc2)c2ccc(-c3c(F)cccc3F)cc2)cc1. The lowest BCUT2D eigenvalue weighted by Gasteiger charge is -2.37. The van der Waals surface area contributed by atoms with Gasteiger partial charge in [-0.05, 0) is 57.6 Å². The van der Waals surface area contributed by atoms with E-state index in [2.05, 4.69) is 0 Å². The molecule has 0 heterocycles. The Labute approximate surface area is 236 Å². The Morgan fingerprint density at radius 1 is 0.293 bits per heavy atom. The molecule has 4 heteroatoms. The maximum atomic E-state index is 14.6. The van der Waals surface area contributed by atoms with Crippen LogP contribution in [0, 0.1) is 23.3 Å². The summed E-state index contributed by atoms with van der Waals surface area (Å²) in [7, 11) is 0. The Balaban J connectivity index is 1.59. The monoisotopic (exact) mass is 544 g/mol. The standard InChI is InChI=1S/C37H24F4/c38-31-13-7-14-32(39)35(31)25-17-21-29(22-18-25)37(27-9-3-1-4-10-27,28-11-5-2-6-12-28)30-23-19-26(20-24-30)36-33(40)15-8-16-34(36)41/h1-24H. The molecule has 0 aromatic heterocycles. The largest absolute Gasteiger partial charge is 0.206 e. The fourth-order valence-corrected chi connectivity index (χ4v) is 5.70. The number of hydrogen-bond donors (Lipinski definition) is 0. The molecule has 6 aromatic rings. The van der Waals surface area contributed by atoms with Gasteiger partial charge in [0.1, 0.15) is 23.3 Å². The third kappa shape index (κ3) is 4.62. The van der Waals surface area contributed by atoms with Gasteiger partial charge in [0.15, 0.2) is 0 Å². The molecule has 6 rings (SSSR count). The minimum atomic E-state index is -0.846. The van der Waals surface area contributed by atoms with E-state index in [1.807, 2.05) is 84.9 Å². The third-order valence-electron chi connectivity index (χ3n) is 7.55. The fraction of sp³-hybridized carbons (Fsp3) is 0.0270. The van der Waals surface area contributed by atoms with Gasteiger partial charge >= 0.3 is 0 Å². The molecule has 41 heavy (non-hydrogen) atoms. The van der Waals surface area contributed by atoms with Crippen molar-refractivity contribution >= 4 is 0 Å². The smallest absolute Gasteiger partial charge is 0.133 e. The average molecular weight is 545 g/mol. The fourth-order valence-electron chi connectivity index (χ4n) is 5.70. The zero-order valence-electron chi connectivity index (χ0n) is 21.9. The summed E-state index contributed by atoms with van der Waals surface area (Å²) in [6.07, 6.45) is 0. The van der Waals surface area contributed by atoms with Gasteiger partial charge in [0.2, 0.25) is 0 Å². The molecular weight excluding hydrogens is 520 g/mol. The topological polar surface area (TPSA) is 0 Å². The van der Waals surface area contributed by atoms with Crippen molar-refractivity contribution in [3.05, 3.63) is 191 Å². The molecule has 0 atom stereocenters. The second-order valence-corrected chi connectivity index (χ2v) is 9.83. The molecule has 0 nitrogen and oxygen atoms in total. The van der Waals surface area contributed by atoms with Crippen LogP contribution in [0.5, 0.6) is 0 Å². The van der Waals surface area contributed by atoms with Crippen LogP contribution in [0.3, 0.4) is 0 Å². The Morgan fingerprint density at radius 2 is 0.585 bits per heavy atom. The van der Waals surface area contributed by atoms with E-state index in [4.69, 9.17) is 0 Å². The second-order valence-electron chi connectivity index (χ2n) is 9.83. The highest BCUT2D eigenvalue weighted by Crippen LogP contribution is 2.46. The summed E-state index contributed by atoms with van der Waals surface area (Å²) in [5, 5.41) is 0. The molecule has 0 unspecified atom stereocenters. The molecule has 0 spiro atoms. The highest BCUT2D eigenvalue weighted by Gasteiger charge is 2.38. The summed E-state index contributed by atoms with van der Waals surface area (Å²) >= 11 is 0. The van der Waals surface area contributed by atoms with E-state index >= 15 is 0 Å². The summed E-state index contributed by atoms with van der Waals surface area (Å²) in [5.41, 5.74) is 3.47. The zero-order chi connectivity index (χ0) is 28.4. The van der Waals surface area contributed by atoms with Crippen LogP contribution in [-0.4, -0.2) is 0 Å². The molecule has 0 saturated carbocycles.